The Morgan fingerprint density at radius 1 is 0.857 bits per heavy atom. The minimum Gasteiger partial charge on any atom is -0.190 e. The molecule has 2 heterocycles. The molecular formula is C12H14N2. The fraction of sp³-hybridized carbons (Fsp3) is 0.667. The van der Waals surface area contributed by atoms with E-state index in [-0.39, 0.29) is 0 Å². The highest BCUT2D eigenvalue weighted by atomic mass is 15.2. The van der Waals surface area contributed by atoms with Crippen LogP contribution in [0.3, 0.4) is 0 Å². The average Bonchev–Trinajstić information content (AvgIpc) is 2.22. The lowest BCUT2D eigenvalue weighted by Crippen LogP contribution is -2.65. The molecule has 0 aromatic heterocycles. The Morgan fingerprint density at radius 3 is 1.71 bits per heavy atom. The Bertz CT molecular complexity index is 346. The van der Waals surface area contributed by atoms with E-state index in [4.69, 9.17) is 0 Å². The molecular weight excluding hydrogens is 172 g/mol. The first-order chi connectivity index (χ1) is 6.87. The maximum absolute atomic E-state index is 4.49. The third-order valence-electron chi connectivity index (χ3n) is 4.97. The summed E-state index contributed by atoms with van der Waals surface area (Å²) in [6.07, 6.45) is 14.4. The predicted molar refractivity (Wildman–Crippen MR) is 54.0 cm³/mol. The summed E-state index contributed by atoms with van der Waals surface area (Å²) in [4.78, 5) is 0. The number of rotatable bonds is 0. The second-order valence-corrected chi connectivity index (χ2v) is 5.14. The van der Waals surface area contributed by atoms with E-state index >= 15 is 0 Å². The van der Waals surface area contributed by atoms with Crippen LogP contribution in [0.1, 0.15) is 25.7 Å². The van der Waals surface area contributed by atoms with Gasteiger partial charge in [0.2, 0.25) is 0 Å². The zero-order valence-corrected chi connectivity index (χ0v) is 8.19. The molecule has 2 saturated carbocycles. The molecule has 72 valence electrons. The highest BCUT2D eigenvalue weighted by Crippen LogP contribution is 2.70. The van der Waals surface area contributed by atoms with Gasteiger partial charge in [0.15, 0.2) is 0 Å². The van der Waals surface area contributed by atoms with Crippen LogP contribution in [-0.2, 0) is 0 Å². The second-order valence-electron chi connectivity index (χ2n) is 5.14. The van der Waals surface area contributed by atoms with Crippen LogP contribution < -0.4 is 0 Å². The van der Waals surface area contributed by atoms with Gasteiger partial charge in [-0.1, -0.05) is 24.3 Å². The average molecular weight is 186 g/mol. The van der Waals surface area contributed by atoms with Crippen LogP contribution in [0.2, 0.25) is 0 Å². The molecule has 0 N–H and O–H groups in total. The quantitative estimate of drug-likeness (QED) is 0.555. The highest BCUT2D eigenvalue weighted by molar-refractivity contribution is 5.37. The Labute approximate surface area is 83.8 Å². The monoisotopic (exact) mass is 186 g/mol. The van der Waals surface area contributed by atoms with Crippen LogP contribution in [0.25, 0.3) is 0 Å². The zero-order chi connectivity index (χ0) is 9.23. The molecule has 0 radical (unpaired) electrons. The molecule has 0 aromatic carbocycles. The topological polar surface area (TPSA) is 24.7 Å². The van der Waals surface area contributed by atoms with Crippen molar-refractivity contribution in [3.05, 3.63) is 24.3 Å². The SMILES string of the molecule is C1=CC23CC[C@]2(C=C1)[C@@H]1CCC3N=N1. The van der Waals surface area contributed by atoms with Gasteiger partial charge in [0.25, 0.3) is 0 Å². The van der Waals surface area contributed by atoms with Crippen LogP contribution >= 0.6 is 0 Å². The molecule has 0 spiro atoms. The summed E-state index contributed by atoms with van der Waals surface area (Å²) in [5.74, 6) is 0. The predicted octanol–water partition coefficient (Wildman–Crippen LogP) is 2.88. The van der Waals surface area contributed by atoms with E-state index in [1.165, 1.54) is 25.7 Å². The van der Waals surface area contributed by atoms with E-state index in [9.17, 15) is 0 Å². The van der Waals surface area contributed by atoms with Crippen molar-refractivity contribution in [1.29, 1.82) is 0 Å². The van der Waals surface area contributed by atoms with Gasteiger partial charge >= 0.3 is 0 Å². The van der Waals surface area contributed by atoms with E-state index in [0.29, 0.717) is 22.9 Å². The van der Waals surface area contributed by atoms with Gasteiger partial charge in [0.1, 0.15) is 0 Å². The smallest absolute Gasteiger partial charge is 0.0808 e. The summed E-state index contributed by atoms with van der Waals surface area (Å²) in [6.45, 7) is 0. The normalized spacial score (nSPS) is 56.6. The third-order valence-corrected chi connectivity index (χ3v) is 4.97. The van der Waals surface area contributed by atoms with Crippen molar-refractivity contribution in [2.24, 2.45) is 21.1 Å². The molecule has 3 aliphatic carbocycles. The van der Waals surface area contributed by atoms with Gasteiger partial charge in [0.05, 0.1) is 12.1 Å². The first-order valence-electron chi connectivity index (χ1n) is 5.64. The lowest BCUT2D eigenvalue weighted by atomic mass is 9.39. The van der Waals surface area contributed by atoms with Gasteiger partial charge in [-0.3, -0.25) is 0 Å². The van der Waals surface area contributed by atoms with E-state index in [1.54, 1.807) is 0 Å². The molecule has 14 heavy (non-hydrogen) atoms. The molecule has 0 saturated heterocycles. The number of fused-ring (bicyclic) bond motifs is 1. The molecule has 0 amide bonds. The van der Waals surface area contributed by atoms with Crippen molar-refractivity contribution in [1.82, 2.24) is 0 Å². The first-order valence-corrected chi connectivity index (χ1v) is 5.64. The largest absolute Gasteiger partial charge is 0.190 e. The Balaban J connectivity index is 1.97. The van der Waals surface area contributed by atoms with Gasteiger partial charge in [0, 0.05) is 10.8 Å². The molecule has 2 unspecified atom stereocenters. The molecule has 0 aromatic rings. The van der Waals surface area contributed by atoms with Crippen molar-refractivity contribution in [2.75, 3.05) is 0 Å². The fourth-order valence-electron chi connectivity index (χ4n) is 4.12. The molecule has 5 rings (SSSR count). The lowest BCUT2D eigenvalue weighted by molar-refractivity contribution is -0.0918. The van der Waals surface area contributed by atoms with Gasteiger partial charge < -0.3 is 0 Å². The first kappa shape index (κ1) is 7.38. The Morgan fingerprint density at radius 2 is 1.36 bits per heavy atom. The summed E-state index contributed by atoms with van der Waals surface area (Å²) in [5.41, 5.74) is 0.763. The van der Waals surface area contributed by atoms with E-state index in [1.807, 2.05) is 0 Å². The minimum atomic E-state index is 0.381. The highest BCUT2D eigenvalue weighted by Gasteiger charge is 2.68. The molecule has 2 aliphatic heterocycles. The van der Waals surface area contributed by atoms with E-state index in [0.717, 1.165) is 0 Å². The Kier molecular flexibility index (Phi) is 1.07. The van der Waals surface area contributed by atoms with Crippen LogP contribution in [0.4, 0.5) is 0 Å². The summed E-state index contributed by atoms with van der Waals surface area (Å²) >= 11 is 0. The van der Waals surface area contributed by atoms with E-state index < -0.39 is 0 Å². The number of nitrogens with zero attached hydrogens (tertiary/aromatic N) is 2. The van der Waals surface area contributed by atoms with Gasteiger partial charge in [-0.15, -0.1) is 0 Å². The summed E-state index contributed by atoms with van der Waals surface area (Å²) < 4.78 is 0. The summed E-state index contributed by atoms with van der Waals surface area (Å²) in [6, 6.07) is 0.977. The lowest BCUT2D eigenvalue weighted by Gasteiger charge is -2.66. The molecule has 5 aliphatic rings. The van der Waals surface area contributed by atoms with Crippen LogP contribution in [-0.4, -0.2) is 12.1 Å². The molecule has 4 atom stereocenters. The number of allylic oxidation sites excluding steroid dienone is 2. The van der Waals surface area contributed by atoms with Crippen molar-refractivity contribution in [2.45, 2.75) is 37.8 Å². The molecule has 2 fully saturated rings. The third kappa shape index (κ3) is 0.530. The number of hydrogen-bond donors (Lipinski definition) is 0. The number of hydrogen-bond acceptors (Lipinski definition) is 2. The van der Waals surface area contributed by atoms with Crippen molar-refractivity contribution in [3.8, 4) is 0 Å². The molecule has 2 nitrogen and oxygen atoms in total. The maximum Gasteiger partial charge on any atom is 0.0808 e. The van der Waals surface area contributed by atoms with Crippen molar-refractivity contribution in [3.63, 3.8) is 0 Å². The number of azo groups is 1. The standard InChI is InChI=1S/C12H14N2/c1-2-6-12-8-7-11(12,5-1)9-3-4-10(12)14-13-9/h1-2,5-6,9-10H,3-4,7-8H2/t9-,10?,11+,12?/m0/s1. The minimum absolute atomic E-state index is 0.381. The van der Waals surface area contributed by atoms with Crippen LogP contribution in [0.15, 0.2) is 34.5 Å². The fourth-order valence-corrected chi connectivity index (χ4v) is 4.12. The maximum atomic E-state index is 4.49. The Hall–Kier alpha value is -0.920. The van der Waals surface area contributed by atoms with Gasteiger partial charge in [-0.25, -0.2) is 0 Å². The molecule has 2 bridgehead atoms. The van der Waals surface area contributed by atoms with Gasteiger partial charge in [-0.05, 0) is 25.7 Å². The zero-order valence-electron chi connectivity index (χ0n) is 8.19. The van der Waals surface area contributed by atoms with Crippen molar-refractivity contribution < 1.29 is 0 Å². The second kappa shape index (κ2) is 2.02. The van der Waals surface area contributed by atoms with Gasteiger partial charge in [-0.2, -0.15) is 10.2 Å². The summed E-state index contributed by atoms with van der Waals surface area (Å²) in [5, 5.41) is 8.98. The van der Waals surface area contributed by atoms with Crippen molar-refractivity contribution >= 4 is 0 Å². The van der Waals surface area contributed by atoms with E-state index in [2.05, 4.69) is 34.5 Å². The van der Waals surface area contributed by atoms with Crippen LogP contribution in [0, 0.1) is 10.8 Å². The van der Waals surface area contributed by atoms with Crippen LogP contribution in [0.5, 0.6) is 0 Å². The molecule has 2 heteroatoms. The summed E-state index contributed by atoms with van der Waals surface area (Å²) in [7, 11) is 0.